The number of halogens is 3. The van der Waals surface area contributed by atoms with Crippen molar-refractivity contribution in [3.8, 4) is 0 Å². The summed E-state index contributed by atoms with van der Waals surface area (Å²) in [5, 5.41) is 1.99. The van der Waals surface area contributed by atoms with Crippen molar-refractivity contribution < 1.29 is 23.9 Å². The zero-order valence-corrected chi connectivity index (χ0v) is 21.6. The Morgan fingerprint density at radius 1 is 1.06 bits per heavy atom. The number of benzene rings is 2. The van der Waals surface area contributed by atoms with Crippen molar-refractivity contribution in [3.63, 3.8) is 0 Å². The molecule has 3 fully saturated rings. The maximum absolute atomic E-state index is 13.2. The Balaban J connectivity index is 1.26. The molecule has 182 valence electrons. The van der Waals surface area contributed by atoms with Gasteiger partial charge < -0.3 is 10.1 Å². The monoisotopic (exact) mass is 578 g/mol. The molecule has 1 N–H and O–H groups in total. The normalized spacial score (nSPS) is 28.9. The van der Waals surface area contributed by atoms with Crippen molar-refractivity contribution in [1.29, 1.82) is 0 Å². The SMILES string of the molecule is Cc1cc(NC(=O)COC(=O)c2cccc(N3C(=O)[C@@H]4[C@H]5C[C@@H]([C@@H](Cl)[C@H]5Cl)[C@H]4C3=O)c2)ccc1Br. The van der Waals surface area contributed by atoms with Gasteiger partial charge in [-0.2, -0.15) is 0 Å². The third-order valence-corrected chi connectivity index (χ3v) is 9.31. The lowest BCUT2D eigenvalue weighted by Gasteiger charge is -2.28. The van der Waals surface area contributed by atoms with E-state index in [-0.39, 0.29) is 45.7 Å². The lowest BCUT2D eigenvalue weighted by molar-refractivity contribution is -0.123. The summed E-state index contributed by atoms with van der Waals surface area (Å²) in [4.78, 5) is 52.3. The summed E-state index contributed by atoms with van der Waals surface area (Å²) in [6.07, 6.45) is 0.678. The highest BCUT2D eigenvalue weighted by atomic mass is 79.9. The van der Waals surface area contributed by atoms with Crippen LogP contribution in [-0.2, 0) is 19.1 Å². The number of carbonyl (C=O) groups excluding carboxylic acids is 4. The number of alkyl halides is 2. The molecule has 2 aromatic carbocycles. The first kappa shape index (κ1) is 24.3. The standard InChI is InChI=1S/C25H21BrCl2N2O5/c1-11-7-13(5-6-17(11)26)29-18(31)10-35-25(34)12-3-2-4-14(8-12)30-23(32)19-15-9-16(20(19)24(30)33)22(28)21(15)27/h2-8,15-16,19-22H,9-10H2,1H3,(H,29,31)/t15-,16-,19-,20-,21-,22+/m1/s1. The van der Waals surface area contributed by atoms with Crippen LogP contribution in [0.15, 0.2) is 46.9 Å². The van der Waals surface area contributed by atoms with E-state index < -0.39 is 30.3 Å². The van der Waals surface area contributed by atoms with Crippen molar-refractivity contribution in [2.45, 2.75) is 24.1 Å². The van der Waals surface area contributed by atoms with E-state index in [0.717, 1.165) is 14.9 Å². The van der Waals surface area contributed by atoms with Crippen LogP contribution in [0.5, 0.6) is 0 Å². The van der Waals surface area contributed by atoms with Gasteiger partial charge in [0.15, 0.2) is 6.61 Å². The van der Waals surface area contributed by atoms with Gasteiger partial charge in [0.25, 0.3) is 5.91 Å². The number of hydrogen-bond acceptors (Lipinski definition) is 5. The van der Waals surface area contributed by atoms with Crippen molar-refractivity contribution >= 4 is 74.2 Å². The number of amides is 3. The predicted molar refractivity (Wildman–Crippen MR) is 135 cm³/mol. The third kappa shape index (κ3) is 4.15. The number of carbonyl (C=O) groups is 4. The van der Waals surface area contributed by atoms with Crippen LogP contribution < -0.4 is 10.2 Å². The number of nitrogens with zero attached hydrogens (tertiary/aromatic N) is 1. The van der Waals surface area contributed by atoms with E-state index >= 15 is 0 Å². The largest absolute Gasteiger partial charge is 0.452 e. The summed E-state index contributed by atoms with van der Waals surface area (Å²) in [5.41, 5.74) is 1.94. The van der Waals surface area contributed by atoms with E-state index in [9.17, 15) is 19.2 Å². The first-order chi connectivity index (χ1) is 16.7. The fourth-order valence-corrected chi connectivity index (χ4v) is 6.65. The Bertz CT molecular complexity index is 1220. The number of anilines is 2. The van der Waals surface area contributed by atoms with Crippen molar-refractivity contribution in [2.24, 2.45) is 23.7 Å². The zero-order valence-electron chi connectivity index (χ0n) is 18.5. The van der Waals surface area contributed by atoms with Gasteiger partial charge in [0, 0.05) is 10.2 Å². The molecule has 0 spiro atoms. The minimum absolute atomic E-state index is 0.126. The number of imide groups is 1. The van der Waals surface area contributed by atoms with Gasteiger partial charge in [0.1, 0.15) is 0 Å². The number of nitrogens with one attached hydrogen (secondary N) is 1. The van der Waals surface area contributed by atoms with Gasteiger partial charge in [0.2, 0.25) is 11.8 Å². The minimum atomic E-state index is -0.741. The first-order valence-corrected chi connectivity index (χ1v) is 12.8. The van der Waals surface area contributed by atoms with Gasteiger partial charge in [-0.1, -0.05) is 22.0 Å². The molecular weight excluding hydrogens is 559 g/mol. The summed E-state index contributed by atoms with van der Waals surface area (Å²) < 4.78 is 6.07. The van der Waals surface area contributed by atoms with Crippen LogP contribution in [0.25, 0.3) is 0 Å². The number of hydrogen-bond donors (Lipinski definition) is 1. The highest BCUT2D eigenvalue weighted by Gasteiger charge is 2.66. The fourth-order valence-electron chi connectivity index (χ4n) is 5.51. The van der Waals surface area contributed by atoms with Crippen LogP contribution in [-0.4, -0.2) is 41.1 Å². The fraction of sp³-hybridized carbons (Fsp3) is 0.360. The topological polar surface area (TPSA) is 92.8 Å². The second-order valence-corrected chi connectivity index (χ2v) is 11.0. The molecule has 35 heavy (non-hydrogen) atoms. The van der Waals surface area contributed by atoms with Crippen LogP contribution >= 0.6 is 39.1 Å². The van der Waals surface area contributed by atoms with Gasteiger partial charge >= 0.3 is 5.97 Å². The van der Waals surface area contributed by atoms with Crippen LogP contribution in [0.3, 0.4) is 0 Å². The molecule has 2 saturated carbocycles. The summed E-state index contributed by atoms with van der Waals surface area (Å²) >= 11 is 16.2. The Morgan fingerprint density at radius 3 is 2.34 bits per heavy atom. The summed E-state index contributed by atoms with van der Waals surface area (Å²) in [5.74, 6) is -3.06. The second-order valence-electron chi connectivity index (χ2n) is 9.15. The van der Waals surface area contributed by atoms with Gasteiger partial charge in [-0.05, 0) is 67.1 Å². The van der Waals surface area contributed by atoms with Gasteiger partial charge in [-0.15, -0.1) is 23.2 Å². The molecule has 3 amide bonds. The van der Waals surface area contributed by atoms with E-state index in [1.54, 1.807) is 24.3 Å². The Hall–Kier alpha value is -2.42. The third-order valence-electron chi connectivity index (χ3n) is 7.10. The number of rotatable bonds is 5. The number of aryl methyl sites for hydroxylation is 1. The molecule has 0 unspecified atom stereocenters. The molecule has 1 saturated heterocycles. The zero-order chi connectivity index (χ0) is 25.0. The number of fused-ring (bicyclic) bond motifs is 5. The molecule has 0 aromatic heterocycles. The molecule has 10 heteroatoms. The van der Waals surface area contributed by atoms with Gasteiger partial charge in [0.05, 0.1) is 33.8 Å². The van der Waals surface area contributed by atoms with Crippen molar-refractivity contribution in [2.75, 3.05) is 16.8 Å². The van der Waals surface area contributed by atoms with Crippen LogP contribution in [0, 0.1) is 30.6 Å². The van der Waals surface area contributed by atoms with Crippen molar-refractivity contribution in [3.05, 3.63) is 58.1 Å². The highest BCUT2D eigenvalue weighted by Crippen LogP contribution is 2.59. The van der Waals surface area contributed by atoms with E-state index in [0.29, 0.717) is 12.1 Å². The molecule has 1 aliphatic heterocycles. The first-order valence-electron chi connectivity index (χ1n) is 11.2. The Labute approximate surface area is 220 Å². The van der Waals surface area contributed by atoms with Crippen LogP contribution in [0.2, 0.25) is 0 Å². The minimum Gasteiger partial charge on any atom is -0.452 e. The molecule has 6 atom stereocenters. The van der Waals surface area contributed by atoms with E-state index in [1.165, 1.54) is 12.1 Å². The predicted octanol–water partition coefficient (Wildman–Crippen LogP) is 4.52. The van der Waals surface area contributed by atoms with Gasteiger partial charge in [-0.25, -0.2) is 4.79 Å². The summed E-state index contributed by atoms with van der Waals surface area (Å²) in [7, 11) is 0. The quantitative estimate of drug-likeness (QED) is 0.319. The molecule has 2 aromatic rings. The molecule has 5 rings (SSSR count). The van der Waals surface area contributed by atoms with E-state index in [1.807, 2.05) is 13.0 Å². The molecule has 2 bridgehead atoms. The Morgan fingerprint density at radius 2 is 1.71 bits per heavy atom. The van der Waals surface area contributed by atoms with Crippen molar-refractivity contribution in [1.82, 2.24) is 0 Å². The highest BCUT2D eigenvalue weighted by molar-refractivity contribution is 9.10. The average Bonchev–Trinajstić information content (AvgIpc) is 3.44. The molecule has 1 heterocycles. The molecule has 0 radical (unpaired) electrons. The van der Waals surface area contributed by atoms with Crippen LogP contribution in [0.1, 0.15) is 22.3 Å². The molecular formula is C25H21BrCl2N2O5. The summed E-state index contributed by atoms with van der Waals surface area (Å²) in [6.45, 7) is 1.41. The number of ether oxygens (including phenoxy) is 1. The van der Waals surface area contributed by atoms with E-state index in [4.69, 9.17) is 27.9 Å². The average molecular weight is 580 g/mol. The lowest BCUT2D eigenvalue weighted by Crippen LogP contribution is -2.37. The molecule has 2 aliphatic carbocycles. The smallest absolute Gasteiger partial charge is 0.338 e. The lowest BCUT2D eigenvalue weighted by atomic mass is 9.80. The van der Waals surface area contributed by atoms with Gasteiger partial charge in [-0.3, -0.25) is 19.3 Å². The number of esters is 1. The van der Waals surface area contributed by atoms with E-state index in [2.05, 4.69) is 21.2 Å². The maximum Gasteiger partial charge on any atom is 0.338 e. The van der Waals surface area contributed by atoms with Crippen LogP contribution in [0.4, 0.5) is 11.4 Å². The maximum atomic E-state index is 13.2. The molecule has 7 nitrogen and oxygen atoms in total. The Kier molecular flexibility index (Phi) is 6.40. The second kappa shape index (κ2) is 9.22. The molecule has 3 aliphatic rings. The summed E-state index contributed by atoms with van der Waals surface area (Å²) in [6, 6.07) is 11.4.